The Hall–Kier alpha value is -1.14. The van der Waals surface area contributed by atoms with E-state index in [1.807, 2.05) is 18.2 Å². The average Bonchev–Trinajstić information content (AvgIpc) is 2.52. The zero-order valence-corrected chi connectivity index (χ0v) is 13.4. The smallest absolute Gasteiger partial charge is 0.327 e. The normalized spacial score (nSPS) is 18.5. The third-order valence-electron chi connectivity index (χ3n) is 3.28. The number of thioether (sulfide) groups is 2. The van der Waals surface area contributed by atoms with Gasteiger partial charge in [0.05, 0.1) is 0 Å². The molecule has 0 aliphatic carbocycles. The Morgan fingerprint density at radius 1 is 1.33 bits per heavy atom. The van der Waals surface area contributed by atoms with Gasteiger partial charge in [0.1, 0.15) is 6.04 Å². The van der Waals surface area contributed by atoms with Gasteiger partial charge >= 0.3 is 5.97 Å². The maximum Gasteiger partial charge on any atom is 0.327 e. The monoisotopic (exact) mass is 325 g/mol. The third kappa shape index (κ3) is 4.97. The van der Waals surface area contributed by atoms with Crippen molar-refractivity contribution in [3.8, 4) is 0 Å². The molecule has 21 heavy (non-hydrogen) atoms. The molecule has 4 nitrogen and oxygen atoms in total. The lowest BCUT2D eigenvalue weighted by atomic mass is 10.2. The van der Waals surface area contributed by atoms with Crippen molar-refractivity contribution in [3.63, 3.8) is 0 Å². The van der Waals surface area contributed by atoms with Gasteiger partial charge in [0.15, 0.2) is 0 Å². The molecule has 0 aromatic heterocycles. The quantitative estimate of drug-likeness (QED) is 0.643. The molecular weight excluding hydrogens is 306 g/mol. The van der Waals surface area contributed by atoms with E-state index < -0.39 is 12.0 Å². The van der Waals surface area contributed by atoms with Gasteiger partial charge < -0.3 is 10.0 Å². The molecule has 0 spiro atoms. The Morgan fingerprint density at radius 3 is 2.81 bits per heavy atom. The highest BCUT2D eigenvalue weighted by molar-refractivity contribution is 7.99. The number of carbonyl (C=O) groups excluding carboxylic acids is 1. The van der Waals surface area contributed by atoms with Crippen LogP contribution in [0, 0.1) is 0 Å². The van der Waals surface area contributed by atoms with Crippen molar-refractivity contribution in [1.82, 2.24) is 4.90 Å². The lowest BCUT2D eigenvalue weighted by molar-refractivity contribution is -0.149. The van der Waals surface area contributed by atoms with Crippen molar-refractivity contribution in [1.29, 1.82) is 0 Å². The van der Waals surface area contributed by atoms with E-state index in [9.17, 15) is 9.59 Å². The number of carboxylic acid groups (broad SMARTS) is 1. The van der Waals surface area contributed by atoms with Gasteiger partial charge in [0, 0.05) is 29.4 Å². The molecule has 1 N–H and O–H groups in total. The summed E-state index contributed by atoms with van der Waals surface area (Å²) in [6, 6.07) is 9.42. The second kappa shape index (κ2) is 8.34. The van der Waals surface area contributed by atoms with Crippen LogP contribution in [0.5, 0.6) is 0 Å². The van der Waals surface area contributed by atoms with E-state index in [0.29, 0.717) is 18.7 Å². The van der Waals surface area contributed by atoms with E-state index in [0.717, 1.165) is 17.9 Å². The number of nitrogens with zero attached hydrogens (tertiary/aromatic N) is 1. The summed E-state index contributed by atoms with van der Waals surface area (Å²) < 4.78 is 0. The fourth-order valence-corrected chi connectivity index (χ4v) is 4.09. The summed E-state index contributed by atoms with van der Waals surface area (Å²) in [7, 11) is 0. The van der Waals surface area contributed by atoms with Crippen LogP contribution in [0.1, 0.15) is 12.8 Å². The maximum absolute atomic E-state index is 12.2. The molecule has 1 unspecified atom stereocenters. The van der Waals surface area contributed by atoms with E-state index >= 15 is 0 Å². The summed E-state index contributed by atoms with van der Waals surface area (Å²) in [6.07, 6.45) is 1.20. The van der Waals surface area contributed by atoms with Crippen LogP contribution in [0.3, 0.4) is 0 Å². The van der Waals surface area contributed by atoms with Crippen molar-refractivity contribution < 1.29 is 14.7 Å². The van der Waals surface area contributed by atoms with Crippen molar-refractivity contribution in [2.75, 3.05) is 23.8 Å². The van der Waals surface area contributed by atoms with Crippen molar-refractivity contribution in [2.24, 2.45) is 0 Å². The maximum atomic E-state index is 12.2. The number of amides is 1. The van der Waals surface area contributed by atoms with E-state index in [1.165, 1.54) is 9.80 Å². The first-order chi connectivity index (χ1) is 10.2. The third-order valence-corrected chi connectivity index (χ3v) is 5.40. The Morgan fingerprint density at radius 2 is 2.10 bits per heavy atom. The van der Waals surface area contributed by atoms with Crippen molar-refractivity contribution >= 4 is 35.4 Å². The molecule has 1 heterocycles. The highest BCUT2D eigenvalue weighted by Gasteiger charge is 2.31. The number of benzene rings is 1. The minimum Gasteiger partial charge on any atom is -0.480 e. The SMILES string of the molecule is O=C(O)C1CSCCN1C(=O)CCCSc1ccccc1. The standard InChI is InChI=1S/C15H19NO3S2/c17-14(16-8-10-20-11-13(16)15(18)19)7-4-9-21-12-5-2-1-3-6-12/h1-3,5-6,13H,4,7-11H2,(H,18,19). The highest BCUT2D eigenvalue weighted by Crippen LogP contribution is 2.21. The minimum atomic E-state index is -0.894. The van der Waals surface area contributed by atoms with Gasteiger partial charge in [-0.1, -0.05) is 18.2 Å². The number of hydrogen-bond donors (Lipinski definition) is 1. The second-order valence-corrected chi connectivity index (χ2v) is 7.10. The first-order valence-electron chi connectivity index (χ1n) is 6.96. The van der Waals surface area contributed by atoms with Crippen LogP contribution in [-0.2, 0) is 9.59 Å². The number of aliphatic carboxylic acids is 1. The van der Waals surface area contributed by atoms with Crippen LogP contribution in [0.25, 0.3) is 0 Å². The van der Waals surface area contributed by atoms with Gasteiger partial charge in [0.25, 0.3) is 0 Å². The fourth-order valence-electron chi connectivity index (χ4n) is 2.18. The Bertz CT molecular complexity index is 481. The largest absolute Gasteiger partial charge is 0.480 e. The molecule has 6 heteroatoms. The van der Waals surface area contributed by atoms with E-state index in [2.05, 4.69) is 12.1 Å². The Balaban J connectivity index is 1.74. The molecule has 1 atom stereocenters. The molecular formula is C15H19NO3S2. The zero-order valence-electron chi connectivity index (χ0n) is 11.7. The number of carboxylic acids is 1. The summed E-state index contributed by atoms with van der Waals surface area (Å²) in [6.45, 7) is 0.548. The predicted octanol–water partition coefficient (Wildman–Crippen LogP) is 2.59. The van der Waals surface area contributed by atoms with Gasteiger partial charge in [-0.2, -0.15) is 11.8 Å². The van der Waals surface area contributed by atoms with E-state index in [4.69, 9.17) is 5.11 Å². The molecule has 0 radical (unpaired) electrons. The molecule has 1 aromatic rings. The van der Waals surface area contributed by atoms with E-state index in [1.54, 1.807) is 23.5 Å². The van der Waals surface area contributed by atoms with Crippen molar-refractivity contribution in [3.05, 3.63) is 30.3 Å². The van der Waals surface area contributed by atoms with Crippen LogP contribution >= 0.6 is 23.5 Å². The number of rotatable bonds is 6. The summed E-state index contributed by atoms with van der Waals surface area (Å²) in [4.78, 5) is 26.1. The molecule has 0 bridgehead atoms. The zero-order chi connectivity index (χ0) is 15.1. The number of hydrogen-bond acceptors (Lipinski definition) is 4. The first-order valence-corrected chi connectivity index (χ1v) is 9.10. The van der Waals surface area contributed by atoms with Gasteiger partial charge in [-0.25, -0.2) is 4.79 Å². The van der Waals surface area contributed by atoms with Gasteiger partial charge in [-0.15, -0.1) is 11.8 Å². The summed E-state index contributed by atoms with van der Waals surface area (Å²) in [5, 5.41) is 9.17. The lowest BCUT2D eigenvalue weighted by Gasteiger charge is -2.32. The lowest BCUT2D eigenvalue weighted by Crippen LogP contribution is -2.50. The number of carbonyl (C=O) groups is 2. The molecule has 1 aliphatic heterocycles. The topological polar surface area (TPSA) is 57.6 Å². The molecule has 1 aromatic carbocycles. The highest BCUT2D eigenvalue weighted by atomic mass is 32.2. The molecule has 1 saturated heterocycles. The molecule has 1 aliphatic rings. The molecule has 114 valence electrons. The van der Waals surface area contributed by atoms with Crippen LogP contribution in [0.15, 0.2) is 35.2 Å². The first kappa shape index (κ1) is 16.2. The van der Waals surface area contributed by atoms with Gasteiger partial charge in [0.2, 0.25) is 5.91 Å². The second-order valence-electron chi connectivity index (χ2n) is 4.78. The molecule has 1 amide bonds. The van der Waals surface area contributed by atoms with Crippen LogP contribution in [-0.4, -0.2) is 51.7 Å². The van der Waals surface area contributed by atoms with Crippen molar-refractivity contribution in [2.45, 2.75) is 23.8 Å². The summed E-state index contributed by atoms with van der Waals surface area (Å²) in [5.41, 5.74) is 0. The van der Waals surface area contributed by atoms with Crippen LogP contribution < -0.4 is 0 Å². The Labute approximate surface area is 133 Å². The summed E-state index contributed by atoms with van der Waals surface area (Å²) >= 11 is 3.32. The van der Waals surface area contributed by atoms with Crippen LogP contribution in [0.2, 0.25) is 0 Å². The molecule has 2 rings (SSSR count). The molecule has 1 fully saturated rings. The summed E-state index contributed by atoms with van der Waals surface area (Å²) in [5.74, 6) is 1.27. The van der Waals surface area contributed by atoms with Gasteiger partial charge in [-0.3, -0.25) is 4.79 Å². The van der Waals surface area contributed by atoms with Crippen LogP contribution in [0.4, 0.5) is 0 Å². The Kier molecular flexibility index (Phi) is 6.45. The predicted molar refractivity (Wildman–Crippen MR) is 86.9 cm³/mol. The minimum absolute atomic E-state index is 0.0311. The average molecular weight is 325 g/mol. The van der Waals surface area contributed by atoms with E-state index in [-0.39, 0.29) is 5.91 Å². The molecule has 0 saturated carbocycles. The van der Waals surface area contributed by atoms with Gasteiger partial charge in [-0.05, 0) is 24.3 Å². The fraction of sp³-hybridized carbons (Fsp3) is 0.467.